The van der Waals surface area contributed by atoms with Gasteiger partial charge in [-0.1, -0.05) is 30.3 Å². The van der Waals surface area contributed by atoms with Crippen LogP contribution in [0.1, 0.15) is 11.3 Å². The summed E-state index contributed by atoms with van der Waals surface area (Å²) in [6.45, 7) is 1.34. The number of benzene rings is 2. The molecule has 0 unspecified atom stereocenters. The largest absolute Gasteiger partial charge is 0.329 e. The summed E-state index contributed by atoms with van der Waals surface area (Å²) in [6.07, 6.45) is 1.53. The molecule has 0 aliphatic rings. The van der Waals surface area contributed by atoms with Gasteiger partial charge in [-0.2, -0.15) is 0 Å². The number of nitrogens with two attached hydrogens (primary N) is 1. The molecule has 2 N–H and O–H groups in total. The normalized spacial score (nSPS) is 11.9. The number of aromatic nitrogens is 3. The molecule has 0 saturated carbocycles. The van der Waals surface area contributed by atoms with Crippen molar-refractivity contribution in [3.63, 3.8) is 0 Å². The summed E-state index contributed by atoms with van der Waals surface area (Å²) in [5, 5.41) is 4.97. The molecule has 4 rings (SSSR count). The van der Waals surface area contributed by atoms with Crippen LogP contribution < -0.4 is 10.8 Å². The standard InChI is InChI=1S/C21H18F2N4O3S/c1-12-19(13-6-4-3-5-7-13)20-18(10-25-12)26(2)21(28)27(20)11-15-16(22)8-14(9-17(15)23)31(24,29)30/h3-10H,11H2,1-2H3,(H2,24,29,30). The number of hydrogen-bond donors (Lipinski definition) is 1. The second kappa shape index (κ2) is 7.40. The maximum absolute atomic E-state index is 14.7. The monoisotopic (exact) mass is 444 g/mol. The first kappa shape index (κ1) is 20.9. The molecule has 0 spiro atoms. The van der Waals surface area contributed by atoms with Crippen molar-refractivity contribution in [1.29, 1.82) is 0 Å². The topological polar surface area (TPSA) is 100.0 Å². The van der Waals surface area contributed by atoms with Gasteiger partial charge >= 0.3 is 5.69 Å². The van der Waals surface area contributed by atoms with Crippen LogP contribution in [0.5, 0.6) is 0 Å². The number of imidazole rings is 1. The lowest BCUT2D eigenvalue weighted by atomic mass is 10.0. The SMILES string of the molecule is Cc1ncc2c(c1-c1ccccc1)n(Cc1c(F)cc(S(N)(=O)=O)cc1F)c(=O)n2C. The summed E-state index contributed by atoms with van der Waals surface area (Å²) in [4.78, 5) is 16.7. The van der Waals surface area contributed by atoms with Gasteiger partial charge in [0.2, 0.25) is 10.0 Å². The number of nitrogens with zero attached hydrogens (tertiary/aromatic N) is 3. The van der Waals surface area contributed by atoms with E-state index in [4.69, 9.17) is 5.14 Å². The molecule has 2 heterocycles. The molecule has 2 aromatic heterocycles. The fraction of sp³-hybridized carbons (Fsp3) is 0.143. The molecule has 0 amide bonds. The minimum absolute atomic E-state index is 0.442. The number of primary sulfonamides is 1. The van der Waals surface area contributed by atoms with Gasteiger partial charge in [0.25, 0.3) is 0 Å². The zero-order chi connectivity index (χ0) is 22.5. The molecule has 31 heavy (non-hydrogen) atoms. The Kier molecular flexibility index (Phi) is 4.98. The third kappa shape index (κ3) is 3.53. The van der Waals surface area contributed by atoms with Crippen LogP contribution >= 0.6 is 0 Å². The third-order valence-electron chi connectivity index (χ3n) is 5.19. The van der Waals surface area contributed by atoms with Crippen molar-refractivity contribution in [2.75, 3.05) is 0 Å². The van der Waals surface area contributed by atoms with Crippen molar-refractivity contribution in [1.82, 2.24) is 14.1 Å². The molecule has 0 aliphatic heterocycles. The number of fused-ring (bicyclic) bond motifs is 1. The van der Waals surface area contributed by atoms with Gasteiger partial charge in [0.1, 0.15) is 11.6 Å². The Labute approximate surface area is 176 Å². The van der Waals surface area contributed by atoms with Gasteiger partial charge < -0.3 is 0 Å². The summed E-state index contributed by atoms with van der Waals surface area (Å²) < 4.78 is 54.9. The molecular weight excluding hydrogens is 426 g/mol. The third-order valence-corrected chi connectivity index (χ3v) is 6.09. The second-order valence-corrected chi connectivity index (χ2v) is 8.72. The molecule has 0 aliphatic carbocycles. The molecule has 4 aromatic rings. The van der Waals surface area contributed by atoms with Crippen LogP contribution in [0.3, 0.4) is 0 Å². The molecule has 0 atom stereocenters. The molecule has 0 radical (unpaired) electrons. The van der Waals surface area contributed by atoms with E-state index in [-0.39, 0.29) is 0 Å². The molecule has 160 valence electrons. The first-order valence-electron chi connectivity index (χ1n) is 9.20. The van der Waals surface area contributed by atoms with Gasteiger partial charge in [0.05, 0.1) is 28.7 Å². The minimum Gasteiger partial charge on any atom is -0.293 e. The highest BCUT2D eigenvalue weighted by Crippen LogP contribution is 2.31. The Morgan fingerprint density at radius 2 is 1.71 bits per heavy atom. The highest BCUT2D eigenvalue weighted by atomic mass is 32.2. The van der Waals surface area contributed by atoms with Crippen molar-refractivity contribution in [3.05, 3.63) is 82.0 Å². The van der Waals surface area contributed by atoms with Crippen LogP contribution in [0.25, 0.3) is 22.2 Å². The summed E-state index contributed by atoms with van der Waals surface area (Å²) in [7, 11) is -2.74. The quantitative estimate of drug-likeness (QED) is 0.523. The fourth-order valence-corrected chi connectivity index (χ4v) is 4.17. The van der Waals surface area contributed by atoms with E-state index in [0.29, 0.717) is 34.4 Å². The average molecular weight is 444 g/mol. The van der Waals surface area contributed by atoms with E-state index >= 15 is 0 Å². The summed E-state index contributed by atoms with van der Waals surface area (Å²) in [6, 6.07) is 10.5. The molecule has 0 fully saturated rings. The Hall–Kier alpha value is -3.37. The van der Waals surface area contributed by atoms with E-state index < -0.39 is 44.4 Å². The van der Waals surface area contributed by atoms with Crippen LogP contribution in [-0.4, -0.2) is 22.5 Å². The lowest BCUT2D eigenvalue weighted by Gasteiger charge is -2.12. The fourth-order valence-electron chi connectivity index (χ4n) is 3.63. The molecular formula is C21H18F2N4O3S. The van der Waals surface area contributed by atoms with Gasteiger partial charge in [0.15, 0.2) is 0 Å². The Balaban J connectivity index is 1.99. The van der Waals surface area contributed by atoms with Crippen molar-refractivity contribution >= 4 is 21.1 Å². The number of sulfonamides is 1. The Bertz CT molecular complexity index is 1470. The minimum atomic E-state index is -4.29. The summed E-state index contributed by atoms with van der Waals surface area (Å²) in [5.74, 6) is -2.22. The number of aryl methyl sites for hydroxylation is 2. The zero-order valence-electron chi connectivity index (χ0n) is 16.6. The van der Waals surface area contributed by atoms with E-state index in [9.17, 15) is 22.0 Å². The predicted octanol–water partition coefficient (Wildman–Crippen LogP) is 2.68. The number of rotatable bonds is 4. The van der Waals surface area contributed by atoms with Crippen LogP contribution in [0.4, 0.5) is 8.78 Å². The van der Waals surface area contributed by atoms with Crippen molar-refractivity contribution < 1.29 is 17.2 Å². The second-order valence-electron chi connectivity index (χ2n) is 7.16. The lowest BCUT2D eigenvalue weighted by molar-refractivity contribution is 0.533. The van der Waals surface area contributed by atoms with E-state index in [1.807, 2.05) is 30.3 Å². The summed E-state index contributed by atoms with van der Waals surface area (Å²) >= 11 is 0. The maximum Gasteiger partial charge on any atom is 0.329 e. The van der Waals surface area contributed by atoms with Crippen LogP contribution in [0.15, 0.2) is 58.4 Å². The molecule has 10 heteroatoms. The van der Waals surface area contributed by atoms with E-state index in [2.05, 4.69) is 4.98 Å². The maximum atomic E-state index is 14.7. The molecule has 2 aromatic carbocycles. The highest BCUT2D eigenvalue weighted by molar-refractivity contribution is 7.89. The van der Waals surface area contributed by atoms with Crippen LogP contribution in [-0.2, 0) is 23.6 Å². The van der Waals surface area contributed by atoms with Crippen molar-refractivity contribution in [3.8, 4) is 11.1 Å². The predicted molar refractivity (Wildman–Crippen MR) is 112 cm³/mol. The van der Waals surface area contributed by atoms with Gasteiger partial charge in [-0.15, -0.1) is 0 Å². The van der Waals surface area contributed by atoms with Crippen LogP contribution in [0.2, 0.25) is 0 Å². The molecule has 0 saturated heterocycles. The zero-order valence-corrected chi connectivity index (χ0v) is 17.5. The smallest absolute Gasteiger partial charge is 0.293 e. The van der Waals surface area contributed by atoms with Gasteiger partial charge in [-0.3, -0.25) is 14.1 Å². The number of halogens is 2. The van der Waals surface area contributed by atoms with Crippen molar-refractivity contribution in [2.24, 2.45) is 12.2 Å². The number of hydrogen-bond acceptors (Lipinski definition) is 4. The van der Waals surface area contributed by atoms with Gasteiger partial charge in [-0.05, 0) is 24.6 Å². The van der Waals surface area contributed by atoms with E-state index in [0.717, 1.165) is 5.56 Å². The Morgan fingerprint density at radius 1 is 1.10 bits per heavy atom. The summed E-state index contributed by atoms with van der Waals surface area (Å²) in [5.41, 5.74) is 2.13. The van der Waals surface area contributed by atoms with Gasteiger partial charge in [0, 0.05) is 23.9 Å². The van der Waals surface area contributed by atoms with Crippen molar-refractivity contribution in [2.45, 2.75) is 18.4 Å². The molecule has 0 bridgehead atoms. The van der Waals surface area contributed by atoms with E-state index in [1.165, 1.54) is 15.3 Å². The van der Waals surface area contributed by atoms with Crippen LogP contribution in [0, 0.1) is 18.6 Å². The molecule has 7 nitrogen and oxygen atoms in total. The Morgan fingerprint density at radius 3 is 2.29 bits per heavy atom. The first-order chi connectivity index (χ1) is 14.6. The lowest BCUT2D eigenvalue weighted by Crippen LogP contribution is -2.24. The number of pyridine rings is 1. The first-order valence-corrected chi connectivity index (χ1v) is 10.7. The van der Waals surface area contributed by atoms with E-state index in [1.54, 1.807) is 14.0 Å². The average Bonchev–Trinajstić information content (AvgIpc) is 2.95. The van der Waals surface area contributed by atoms with Gasteiger partial charge in [-0.25, -0.2) is 27.1 Å². The highest BCUT2D eigenvalue weighted by Gasteiger charge is 2.22.